The van der Waals surface area contributed by atoms with E-state index in [0.717, 1.165) is 22.4 Å². The van der Waals surface area contributed by atoms with Crippen LogP contribution in [-0.2, 0) is 4.74 Å². The molecule has 31 heavy (non-hydrogen) atoms. The molecule has 1 N–H and O–H groups in total. The molecule has 4 aromatic heterocycles. The smallest absolute Gasteiger partial charge is 0.412 e. The van der Waals surface area contributed by atoms with Crippen LogP contribution in [0.1, 0.15) is 34.2 Å². The molecule has 7 heteroatoms. The SMILES string of the molecule is COC(=O)Nc1cccc(C(c2cccnc2)C(c2cccnc2)c2cccnc2)n1. The lowest BCUT2D eigenvalue weighted by atomic mass is 9.76. The van der Waals surface area contributed by atoms with Crippen molar-refractivity contribution in [1.82, 2.24) is 19.9 Å². The van der Waals surface area contributed by atoms with Crippen molar-refractivity contribution in [3.8, 4) is 0 Å². The van der Waals surface area contributed by atoms with Crippen LogP contribution in [0.4, 0.5) is 10.6 Å². The summed E-state index contributed by atoms with van der Waals surface area (Å²) in [7, 11) is 1.32. The molecule has 1 unspecified atom stereocenters. The van der Waals surface area contributed by atoms with Gasteiger partial charge in [-0.1, -0.05) is 24.3 Å². The van der Waals surface area contributed by atoms with Crippen molar-refractivity contribution in [2.75, 3.05) is 12.4 Å². The molecule has 7 nitrogen and oxygen atoms in total. The fraction of sp³-hybridized carbons (Fsp3) is 0.125. The summed E-state index contributed by atoms with van der Waals surface area (Å²) in [6.45, 7) is 0. The fourth-order valence-electron chi connectivity index (χ4n) is 3.64. The summed E-state index contributed by atoms with van der Waals surface area (Å²) < 4.78 is 4.71. The third-order valence-electron chi connectivity index (χ3n) is 4.97. The predicted molar refractivity (Wildman–Crippen MR) is 117 cm³/mol. The van der Waals surface area contributed by atoms with Crippen molar-refractivity contribution in [2.24, 2.45) is 0 Å². The van der Waals surface area contributed by atoms with Gasteiger partial charge < -0.3 is 4.74 Å². The normalized spacial score (nSPS) is 11.7. The maximum atomic E-state index is 11.7. The maximum Gasteiger partial charge on any atom is 0.412 e. The van der Waals surface area contributed by atoms with E-state index in [2.05, 4.69) is 20.3 Å². The second-order valence-electron chi connectivity index (χ2n) is 6.88. The Morgan fingerprint density at radius 2 is 1.32 bits per heavy atom. The minimum atomic E-state index is -0.571. The Labute approximate surface area is 180 Å². The third kappa shape index (κ3) is 4.72. The molecule has 154 valence electrons. The van der Waals surface area contributed by atoms with Gasteiger partial charge in [0, 0.05) is 49.0 Å². The monoisotopic (exact) mass is 411 g/mol. The van der Waals surface area contributed by atoms with Crippen LogP contribution < -0.4 is 5.32 Å². The summed E-state index contributed by atoms with van der Waals surface area (Å²) in [5.74, 6) is 0.100. The van der Waals surface area contributed by atoms with Gasteiger partial charge in [-0.25, -0.2) is 9.78 Å². The van der Waals surface area contributed by atoms with Crippen LogP contribution in [0, 0.1) is 0 Å². The first-order valence-electron chi connectivity index (χ1n) is 9.78. The summed E-state index contributed by atoms with van der Waals surface area (Å²) in [6, 6.07) is 17.4. The van der Waals surface area contributed by atoms with E-state index in [1.165, 1.54) is 7.11 Å². The zero-order valence-corrected chi connectivity index (χ0v) is 16.9. The fourth-order valence-corrected chi connectivity index (χ4v) is 3.64. The van der Waals surface area contributed by atoms with Crippen LogP contribution in [0.25, 0.3) is 0 Å². The average Bonchev–Trinajstić information content (AvgIpc) is 2.84. The first-order chi connectivity index (χ1) is 15.3. The number of methoxy groups -OCH3 is 1. The molecular weight excluding hydrogens is 390 g/mol. The van der Waals surface area contributed by atoms with Crippen molar-refractivity contribution in [2.45, 2.75) is 11.8 Å². The Morgan fingerprint density at radius 1 is 0.774 bits per heavy atom. The van der Waals surface area contributed by atoms with Gasteiger partial charge >= 0.3 is 6.09 Å². The molecular formula is C24H21N5O2. The first kappa shape index (κ1) is 20.2. The lowest BCUT2D eigenvalue weighted by Gasteiger charge is -2.28. The third-order valence-corrected chi connectivity index (χ3v) is 4.97. The number of nitrogens with zero attached hydrogens (tertiary/aromatic N) is 4. The van der Waals surface area contributed by atoms with Gasteiger partial charge in [-0.2, -0.15) is 0 Å². The van der Waals surface area contributed by atoms with Crippen LogP contribution >= 0.6 is 0 Å². The topological polar surface area (TPSA) is 89.9 Å². The molecule has 0 aliphatic heterocycles. The van der Waals surface area contributed by atoms with E-state index in [9.17, 15) is 4.79 Å². The number of nitrogens with one attached hydrogen (secondary N) is 1. The minimum absolute atomic E-state index is 0.118. The number of hydrogen-bond donors (Lipinski definition) is 1. The van der Waals surface area contributed by atoms with E-state index in [-0.39, 0.29) is 11.8 Å². The van der Waals surface area contributed by atoms with Crippen LogP contribution in [-0.4, -0.2) is 33.1 Å². The van der Waals surface area contributed by atoms with E-state index in [0.29, 0.717) is 5.82 Å². The van der Waals surface area contributed by atoms with Gasteiger partial charge in [-0.3, -0.25) is 20.3 Å². The Bertz CT molecular complexity index is 1080. The van der Waals surface area contributed by atoms with E-state index < -0.39 is 6.09 Å². The summed E-state index contributed by atoms with van der Waals surface area (Å²) in [5, 5.41) is 2.64. The van der Waals surface area contributed by atoms with E-state index >= 15 is 0 Å². The van der Waals surface area contributed by atoms with E-state index in [4.69, 9.17) is 9.72 Å². The highest BCUT2D eigenvalue weighted by Crippen LogP contribution is 2.41. The number of carbonyl (C=O) groups is 1. The number of carbonyl (C=O) groups excluding carboxylic acids is 1. The predicted octanol–water partition coefficient (Wildman–Crippen LogP) is 4.41. The quantitative estimate of drug-likeness (QED) is 0.505. The summed E-state index contributed by atoms with van der Waals surface area (Å²) >= 11 is 0. The maximum absolute atomic E-state index is 11.7. The second kappa shape index (κ2) is 9.58. The Morgan fingerprint density at radius 3 is 1.81 bits per heavy atom. The summed E-state index contributed by atoms with van der Waals surface area (Å²) in [6.07, 6.45) is 10.2. The minimum Gasteiger partial charge on any atom is -0.453 e. The van der Waals surface area contributed by atoms with Crippen LogP contribution in [0.3, 0.4) is 0 Å². The summed E-state index contributed by atoms with van der Waals surface area (Å²) in [5.41, 5.74) is 3.82. The Balaban J connectivity index is 1.88. The van der Waals surface area contributed by atoms with Crippen LogP contribution in [0.5, 0.6) is 0 Å². The molecule has 0 aliphatic rings. The molecule has 0 radical (unpaired) electrons. The first-order valence-corrected chi connectivity index (χ1v) is 9.78. The number of anilines is 1. The molecule has 0 saturated heterocycles. The second-order valence-corrected chi connectivity index (χ2v) is 6.88. The largest absolute Gasteiger partial charge is 0.453 e. The van der Waals surface area contributed by atoms with Gasteiger partial charge in [0.15, 0.2) is 0 Å². The van der Waals surface area contributed by atoms with Crippen molar-refractivity contribution < 1.29 is 9.53 Å². The number of aromatic nitrogens is 4. The van der Waals surface area contributed by atoms with Gasteiger partial charge in [0.2, 0.25) is 0 Å². The van der Waals surface area contributed by atoms with Gasteiger partial charge in [-0.15, -0.1) is 0 Å². The molecule has 0 spiro atoms. The van der Waals surface area contributed by atoms with Gasteiger partial charge in [0.05, 0.1) is 12.8 Å². The molecule has 4 aromatic rings. The van der Waals surface area contributed by atoms with Crippen molar-refractivity contribution in [3.05, 3.63) is 114 Å². The molecule has 4 heterocycles. The number of rotatable bonds is 6. The van der Waals surface area contributed by atoms with Crippen molar-refractivity contribution in [3.63, 3.8) is 0 Å². The zero-order valence-electron chi connectivity index (χ0n) is 16.9. The lowest BCUT2D eigenvalue weighted by molar-refractivity contribution is 0.187. The van der Waals surface area contributed by atoms with Crippen molar-refractivity contribution in [1.29, 1.82) is 0 Å². The van der Waals surface area contributed by atoms with E-state index in [1.807, 2.05) is 67.1 Å². The van der Waals surface area contributed by atoms with Gasteiger partial charge in [0.25, 0.3) is 0 Å². The molecule has 0 aromatic carbocycles. The van der Waals surface area contributed by atoms with Crippen molar-refractivity contribution >= 4 is 11.9 Å². The summed E-state index contributed by atoms with van der Waals surface area (Å²) in [4.78, 5) is 29.5. The molecule has 1 amide bonds. The molecule has 0 saturated carbocycles. The molecule has 0 aliphatic carbocycles. The number of hydrogen-bond acceptors (Lipinski definition) is 6. The molecule has 4 rings (SSSR count). The highest BCUT2D eigenvalue weighted by atomic mass is 16.5. The number of pyridine rings is 4. The highest BCUT2D eigenvalue weighted by molar-refractivity contribution is 5.83. The average molecular weight is 411 g/mol. The number of ether oxygens (including phenoxy) is 1. The van der Waals surface area contributed by atoms with Gasteiger partial charge in [-0.05, 0) is 47.0 Å². The molecule has 1 atom stereocenters. The molecule has 0 fully saturated rings. The Kier molecular flexibility index (Phi) is 6.23. The molecule has 0 bridgehead atoms. The van der Waals surface area contributed by atoms with Crippen LogP contribution in [0.2, 0.25) is 0 Å². The van der Waals surface area contributed by atoms with Gasteiger partial charge in [0.1, 0.15) is 5.82 Å². The van der Waals surface area contributed by atoms with Crippen LogP contribution in [0.15, 0.2) is 91.8 Å². The lowest BCUT2D eigenvalue weighted by Crippen LogP contribution is -2.18. The Hall–Kier alpha value is -4.13. The van der Waals surface area contributed by atoms with E-state index in [1.54, 1.807) is 24.7 Å². The highest BCUT2D eigenvalue weighted by Gasteiger charge is 2.30. The number of amides is 1. The zero-order chi connectivity index (χ0) is 21.5. The standard InChI is InChI=1S/C24H21N5O2/c1-31-24(30)29-21-10-2-9-20(28-21)23(19-8-5-13-27-16-19)22(17-6-3-11-25-14-17)18-7-4-12-26-15-18/h2-16,22-23H,1H3,(H,28,29,30).